The van der Waals surface area contributed by atoms with E-state index in [0.29, 0.717) is 18.7 Å². The molecule has 118 valence electrons. The number of carbonyl (C=O) groups excluding carboxylic acids is 1. The fraction of sp³-hybridized carbons (Fsp3) is 0.222. The maximum atomic E-state index is 12.3. The van der Waals surface area contributed by atoms with Gasteiger partial charge in [0.15, 0.2) is 0 Å². The molecule has 0 saturated heterocycles. The summed E-state index contributed by atoms with van der Waals surface area (Å²) in [4.78, 5) is 29.9. The van der Waals surface area contributed by atoms with Crippen molar-refractivity contribution in [1.29, 1.82) is 0 Å². The third kappa shape index (κ3) is 3.51. The Balaban J connectivity index is 1.93. The Kier molecular flexibility index (Phi) is 4.30. The lowest BCUT2D eigenvalue weighted by atomic mass is 10.1. The molecule has 3 aromatic rings. The maximum absolute atomic E-state index is 12.3. The van der Waals surface area contributed by atoms with Crippen molar-refractivity contribution in [3.63, 3.8) is 0 Å². The topological polar surface area (TPSA) is 53.2 Å². The Morgan fingerprint density at radius 3 is 2.74 bits per heavy atom. The molecule has 0 bridgehead atoms. The first-order valence-electron chi connectivity index (χ1n) is 7.43. The number of amides is 1. The number of nitrogens with one attached hydrogen (secondary N) is 1. The molecular weight excluding hydrogens is 308 g/mol. The molecule has 0 aliphatic heterocycles. The summed E-state index contributed by atoms with van der Waals surface area (Å²) in [7, 11) is 0. The number of thiophene rings is 1. The molecule has 0 saturated carbocycles. The molecule has 3 rings (SSSR count). The number of carbonyl (C=O) groups is 1. The van der Waals surface area contributed by atoms with Crippen LogP contribution < -0.4 is 5.56 Å². The zero-order valence-electron chi connectivity index (χ0n) is 13.1. The molecule has 0 radical (unpaired) electrons. The third-order valence-corrected chi connectivity index (χ3v) is 4.67. The molecule has 0 fully saturated rings. The minimum Gasteiger partial charge on any atom is -0.333 e. The number of rotatable bonds is 4. The van der Waals surface area contributed by atoms with Gasteiger partial charge in [-0.1, -0.05) is 17.7 Å². The lowest BCUT2D eigenvalue weighted by molar-refractivity contribution is -0.130. The van der Waals surface area contributed by atoms with Crippen LogP contribution in [-0.2, 0) is 17.9 Å². The molecule has 1 N–H and O–H groups in total. The Bertz CT molecular complexity index is 897. The molecule has 2 aromatic heterocycles. The summed E-state index contributed by atoms with van der Waals surface area (Å²) < 4.78 is 0. The van der Waals surface area contributed by atoms with Gasteiger partial charge in [-0.3, -0.25) is 9.59 Å². The van der Waals surface area contributed by atoms with Crippen molar-refractivity contribution >= 4 is 28.1 Å². The minimum absolute atomic E-state index is 0.0397. The summed E-state index contributed by atoms with van der Waals surface area (Å²) in [6, 6.07) is 11.7. The van der Waals surface area contributed by atoms with E-state index in [-0.39, 0.29) is 11.5 Å². The van der Waals surface area contributed by atoms with Gasteiger partial charge in [0.25, 0.3) is 5.56 Å². The summed E-state index contributed by atoms with van der Waals surface area (Å²) in [5.41, 5.74) is 2.42. The van der Waals surface area contributed by atoms with E-state index in [4.69, 9.17) is 0 Å². The highest BCUT2D eigenvalue weighted by molar-refractivity contribution is 7.09. The Morgan fingerprint density at radius 1 is 1.22 bits per heavy atom. The van der Waals surface area contributed by atoms with Crippen molar-refractivity contribution in [3.8, 4) is 0 Å². The molecule has 5 heteroatoms. The number of H-pyrrole nitrogens is 1. The molecule has 0 atom stereocenters. The van der Waals surface area contributed by atoms with Gasteiger partial charge in [-0.2, -0.15) is 0 Å². The van der Waals surface area contributed by atoms with Crippen LogP contribution in [0.3, 0.4) is 0 Å². The van der Waals surface area contributed by atoms with Gasteiger partial charge >= 0.3 is 0 Å². The number of aromatic amines is 1. The average Bonchev–Trinajstić information content (AvgIpc) is 3.00. The van der Waals surface area contributed by atoms with Crippen LogP contribution in [0.1, 0.15) is 22.9 Å². The van der Waals surface area contributed by atoms with E-state index in [1.165, 1.54) is 6.92 Å². The van der Waals surface area contributed by atoms with Crippen LogP contribution >= 0.6 is 11.3 Å². The number of benzene rings is 1. The number of nitrogens with zero attached hydrogens (tertiary/aromatic N) is 1. The van der Waals surface area contributed by atoms with Crippen molar-refractivity contribution < 1.29 is 4.79 Å². The summed E-state index contributed by atoms with van der Waals surface area (Å²) >= 11 is 1.61. The molecule has 0 spiro atoms. The molecule has 2 heterocycles. The molecule has 0 aliphatic carbocycles. The SMILES string of the molecule is CC(=O)N(Cc1cccs1)Cc1cc2cc(C)ccc2[nH]c1=O. The lowest BCUT2D eigenvalue weighted by Crippen LogP contribution is -2.30. The molecule has 23 heavy (non-hydrogen) atoms. The van der Waals surface area contributed by atoms with Gasteiger partial charge in [-0.15, -0.1) is 11.3 Å². The van der Waals surface area contributed by atoms with E-state index in [0.717, 1.165) is 21.3 Å². The monoisotopic (exact) mass is 326 g/mol. The molecular formula is C18H18N2O2S. The van der Waals surface area contributed by atoms with E-state index in [1.54, 1.807) is 16.2 Å². The molecule has 0 unspecified atom stereocenters. The van der Waals surface area contributed by atoms with Crippen LogP contribution in [0.2, 0.25) is 0 Å². The summed E-state index contributed by atoms with van der Waals surface area (Å²) in [5.74, 6) is -0.0397. The fourth-order valence-corrected chi connectivity index (χ4v) is 3.28. The van der Waals surface area contributed by atoms with Crippen LogP contribution in [0.5, 0.6) is 0 Å². The van der Waals surface area contributed by atoms with Gasteiger partial charge in [-0.25, -0.2) is 0 Å². The van der Waals surface area contributed by atoms with Gasteiger partial charge in [0.2, 0.25) is 5.91 Å². The van der Waals surface area contributed by atoms with Gasteiger partial charge in [-0.05, 0) is 42.0 Å². The van der Waals surface area contributed by atoms with Crippen molar-refractivity contribution in [2.45, 2.75) is 26.9 Å². The second-order valence-electron chi connectivity index (χ2n) is 5.67. The first-order valence-corrected chi connectivity index (χ1v) is 8.31. The number of pyridine rings is 1. The second-order valence-corrected chi connectivity index (χ2v) is 6.70. The predicted molar refractivity (Wildman–Crippen MR) is 93.6 cm³/mol. The molecule has 0 aliphatic rings. The summed E-state index contributed by atoms with van der Waals surface area (Å²) in [6.45, 7) is 4.39. The highest BCUT2D eigenvalue weighted by atomic mass is 32.1. The van der Waals surface area contributed by atoms with Crippen LogP contribution in [-0.4, -0.2) is 15.8 Å². The number of fused-ring (bicyclic) bond motifs is 1. The van der Waals surface area contributed by atoms with E-state index < -0.39 is 0 Å². The second kappa shape index (κ2) is 6.38. The molecule has 1 aromatic carbocycles. The highest BCUT2D eigenvalue weighted by Crippen LogP contribution is 2.16. The van der Waals surface area contributed by atoms with Gasteiger partial charge in [0.05, 0.1) is 13.1 Å². The lowest BCUT2D eigenvalue weighted by Gasteiger charge is -2.20. The fourth-order valence-electron chi connectivity index (χ4n) is 2.56. The zero-order chi connectivity index (χ0) is 16.4. The molecule has 1 amide bonds. The predicted octanol–water partition coefficient (Wildman–Crippen LogP) is 3.45. The van der Waals surface area contributed by atoms with Gasteiger partial charge in [0.1, 0.15) is 0 Å². The quantitative estimate of drug-likeness (QED) is 0.798. The van der Waals surface area contributed by atoms with Crippen LogP contribution in [0.25, 0.3) is 10.9 Å². The zero-order valence-corrected chi connectivity index (χ0v) is 13.9. The van der Waals surface area contributed by atoms with E-state index in [2.05, 4.69) is 4.98 Å². The Labute approximate surface area is 138 Å². The van der Waals surface area contributed by atoms with Crippen molar-refractivity contribution in [2.24, 2.45) is 0 Å². The first-order chi connectivity index (χ1) is 11.0. The van der Waals surface area contributed by atoms with E-state index >= 15 is 0 Å². The normalized spacial score (nSPS) is 10.9. The van der Waals surface area contributed by atoms with Crippen molar-refractivity contribution in [2.75, 3.05) is 0 Å². The maximum Gasteiger partial charge on any atom is 0.253 e. The minimum atomic E-state index is -0.140. The van der Waals surface area contributed by atoms with Crippen molar-refractivity contribution in [3.05, 3.63) is 68.1 Å². The molecule has 4 nitrogen and oxygen atoms in total. The highest BCUT2D eigenvalue weighted by Gasteiger charge is 2.13. The largest absolute Gasteiger partial charge is 0.333 e. The number of hydrogen-bond acceptors (Lipinski definition) is 3. The first kappa shape index (κ1) is 15.5. The third-order valence-electron chi connectivity index (χ3n) is 3.81. The van der Waals surface area contributed by atoms with Crippen molar-refractivity contribution in [1.82, 2.24) is 9.88 Å². The van der Waals surface area contributed by atoms with Crippen LogP contribution in [0.4, 0.5) is 0 Å². The summed E-state index contributed by atoms with van der Waals surface area (Å²) in [6.07, 6.45) is 0. The Hall–Kier alpha value is -2.40. The van der Waals surface area contributed by atoms with E-state index in [1.807, 2.05) is 48.7 Å². The van der Waals surface area contributed by atoms with Gasteiger partial charge < -0.3 is 9.88 Å². The van der Waals surface area contributed by atoms with E-state index in [9.17, 15) is 9.59 Å². The van der Waals surface area contributed by atoms with Crippen LogP contribution in [0, 0.1) is 6.92 Å². The smallest absolute Gasteiger partial charge is 0.253 e. The Morgan fingerprint density at radius 2 is 2.04 bits per heavy atom. The van der Waals surface area contributed by atoms with Gasteiger partial charge in [0, 0.05) is 22.9 Å². The average molecular weight is 326 g/mol. The summed E-state index contributed by atoms with van der Waals surface area (Å²) in [5, 5.41) is 2.97. The number of aromatic nitrogens is 1. The number of hydrogen-bond donors (Lipinski definition) is 1. The standard InChI is InChI=1S/C18H18N2O2S/c1-12-5-6-17-14(8-12)9-15(18(22)19-17)10-20(13(2)21)11-16-4-3-7-23-16/h3-9H,10-11H2,1-2H3,(H,19,22). The number of aryl methyl sites for hydroxylation is 1. The van der Waals surface area contributed by atoms with Crippen LogP contribution in [0.15, 0.2) is 46.6 Å².